The largest absolute Gasteiger partial charge is 0.479 e. The normalized spacial score (nSPS) is 21.6. The highest BCUT2D eigenvalue weighted by atomic mass is 79.9. The summed E-state index contributed by atoms with van der Waals surface area (Å²) in [6.45, 7) is 2.22. The van der Waals surface area contributed by atoms with Crippen LogP contribution in [0.25, 0.3) is 0 Å². The average Bonchev–Trinajstić information content (AvgIpc) is 2.86. The Balaban J connectivity index is 2.41. The van der Waals surface area contributed by atoms with Gasteiger partial charge in [0, 0.05) is 6.54 Å². The highest BCUT2D eigenvalue weighted by Crippen LogP contribution is 2.36. The Morgan fingerprint density at radius 3 is 2.81 bits per heavy atom. The number of amides is 1. The van der Waals surface area contributed by atoms with E-state index in [0.717, 1.165) is 0 Å². The highest BCUT2D eigenvalue weighted by molar-refractivity contribution is 9.10. The molecular formula is C15H17BrFNO3. The quantitative estimate of drug-likeness (QED) is 0.897. The fourth-order valence-electron chi connectivity index (χ4n) is 2.99. The molecule has 1 amide bonds. The number of carbonyl (C=O) groups excluding carboxylic acids is 1. The van der Waals surface area contributed by atoms with Crippen molar-refractivity contribution in [2.24, 2.45) is 0 Å². The van der Waals surface area contributed by atoms with Gasteiger partial charge in [0.15, 0.2) is 0 Å². The minimum absolute atomic E-state index is 0.0898. The lowest BCUT2D eigenvalue weighted by Crippen LogP contribution is -2.53. The molecule has 4 nitrogen and oxygen atoms in total. The molecule has 1 unspecified atom stereocenters. The Labute approximate surface area is 131 Å². The van der Waals surface area contributed by atoms with Gasteiger partial charge in [0.2, 0.25) is 0 Å². The van der Waals surface area contributed by atoms with E-state index in [-0.39, 0.29) is 10.0 Å². The number of hydrogen-bond acceptors (Lipinski definition) is 2. The molecule has 1 aromatic carbocycles. The zero-order chi connectivity index (χ0) is 15.6. The molecule has 0 saturated carbocycles. The van der Waals surface area contributed by atoms with Gasteiger partial charge in [-0.2, -0.15) is 0 Å². The minimum Gasteiger partial charge on any atom is -0.479 e. The smallest absolute Gasteiger partial charge is 0.329 e. The third-order valence-corrected chi connectivity index (χ3v) is 4.59. The number of likely N-dealkylation sites (tertiary alicyclic amines) is 1. The number of aliphatic carboxylic acids is 1. The average molecular weight is 358 g/mol. The van der Waals surface area contributed by atoms with Crippen LogP contribution >= 0.6 is 15.9 Å². The first-order valence-corrected chi connectivity index (χ1v) is 7.72. The van der Waals surface area contributed by atoms with Crippen molar-refractivity contribution in [3.8, 4) is 0 Å². The van der Waals surface area contributed by atoms with Crippen molar-refractivity contribution >= 4 is 27.8 Å². The Bertz CT molecular complexity index is 578. The van der Waals surface area contributed by atoms with Crippen molar-refractivity contribution in [3.05, 3.63) is 34.1 Å². The van der Waals surface area contributed by atoms with Crippen molar-refractivity contribution in [2.75, 3.05) is 6.54 Å². The second-order valence-electron chi connectivity index (χ2n) is 5.25. The molecule has 114 valence electrons. The first-order chi connectivity index (χ1) is 9.94. The van der Waals surface area contributed by atoms with E-state index >= 15 is 0 Å². The molecule has 0 aromatic heterocycles. The number of carbonyl (C=O) groups is 2. The Morgan fingerprint density at radius 2 is 2.19 bits per heavy atom. The summed E-state index contributed by atoms with van der Waals surface area (Å²) in [6, 6.07) is 4.46. The number of carboxylic acid groups (broad SMARTS) is 1. The van der Waals surface area contributed by atoms with Crippen LogP contribution in [0.2, 0.25) is 0 Å². The van der Waals surface area contributed by atoms with Gasteiger partial charge in [0.1, 0.15) is 11.4 Å². The summed E-state index contributed by atoms with van der Waals surface area (Å²) >= 11 is 3.05. The molecule has 2 rings (SSSR count). The van der Waals surface area contributed by atoms with Gasteiger partial charge in [-0.15, -0.1) is 0 Å². The van der Waals surface area contributed by atoms with E-state index in [1.165, 1.54) is 17.0 Å². The second-order valence-corrected chi connectivity index (χ2v) is 6.10. The van der Waals surface area contributed by atoms with Gasteiger partial charge in [0.05, 0.1) is 10.0 Å². The van der Waals surface area contributed by atoms with Crippen LogP contribution in [0.3, 0.4) is 0 Å². The lowest BCUT2D eigenvalue weighted by Gasteiger charge is -2.34. The maximum absolute atomic E-state index is 14.1. The summed E-state index contributed by atoms with van der Waals surface area (Å²) in [6.07, 6.45) is 2.06. The second kappa shape index (κ2) is 6.13. The van der Waals surface area contributed by atoms with E-state index in [2.05, 4.69) is 15.9 Å². The van der Waals surface area contributed by atoms with Gasteiger partial charge in [-0.05, 0) is 47.3 Å². The molecule has 1 fully saturated rings. The molecular weight excluding hydrogens is 341 g/mol. The molecule has 0 aliphatic carbocycles. The molecule has 1 aromatic rings. The highest BCUT2D eigenvalue weighted by Gasteiger charge is 2.49. The van der Waals surface area contributed by atoms with E-state index in [1.54, 1.807) is 6.07 Å². The SMILES string of the molecule is CCCC1(C(=O)O)CCCN1C(=O)c1cccc(Br)c1F. The maximum atomic E-state index is 14.1. The lowest BCUT2D eigenvalue weighted by molar-refractivity contribution is -0.148. The van der Waals surface area contributed by atoms with Crippen LogP contribution in [-0.4, -0.2) is 34.0 Å². The molecule has 1 atom stereocenters. The zero-order valence-electron chi connectivity index (χ0n) is 11.7. The van der Waals surface area contributed by atoms with E-state index in [4.69, 9.17) is 0 Å². The van der Waals surface area contributed by atoms with Crippen LogP contribution in [0.5, 0.6) is 0 Å². The molecule has 1 heterocycles. The predicted molar refractivity (Wildman–Crippen MR) is 79.6 cm³/mol. The third-order valence-electron chi connectivity index (χ3n) is 3.98. The number of benzene rings is 1. The Kier molecular flexibility index (Phi) is 4.66. The van der Waals surface area contributed by atoms with Gasteiger partial charge >= 0.3 is 5.97 Å². The van der Waals surface area contributed by atoms with Crippen molar-refractivity contribution in [1.82, 2.24) is 4.90 Å². The molecule has 1 N–H and O–H groups in total. The zero-order valence-corrected chi connectivity index (χ0v) is 13.3. The molecule has 1 saturated heterocycles. The minimum atomic E-state index is -1.21. The topological polar surface area (TPSA) is 57.6 Å². The van der Waals surface area contributed by atoms with Gasteiger partial charge in [-0.25, -0.2) is 9.18 Å². The van der Waals surface area contributed by atoms with Crippen LogP contribution in [0.1, 0.15) is 43.0 Å². The van der Waals surface area contributed by atoms with Crippen molar-refractivity contribution in [3.63, 3.8) is 0 Å². The van der Waals surface area contributed by atoms with Crippen molar-refractivity contribution in [1.29, 1.82) is 0 Å². The van der Waals surface area contributed by atoms with Gasteiger partial charge in [-0.3, -0.25) is 4.79 Å². The van der Waals surface area contributed by atoms with E-state index in [9.17, 15) is 19.1 Å². The van der Waals surface area contributed by atoms with E-state index < -0.39 is 23.2 Å². The molecule has 0 radical (unpaired) electrons. The first kappa shape index (κ1) is 15.9. The number of carboxylic acids is 1. The van der Waals surface area contributed by atoms with Crippen LogP contribution in [-0.2, 0) is 4.79 Å². The predicted octanol–water partition coefficient (Wildman–Crippen LogP) is 3.45. The number of rotatable bonds is 4. The first-order valence-electron chi connectivity index (χ1n) is 6.93. The van der Waals surface area contributed by atoms with E-state index in [1.807, 2.05) is 6.92 Å². The lowest BCUT2D eigenvalue weighted by atomic mass is 9.90. The van der Waals surface area contributed by atoms with Crippen LogP contribution < -0.4 is 0 Å². The fraction of sp³-hybridized carbons (Fsp3) is 0.467. The third kappa shape index (κ3) is 2.69. The summed E-state index contributed by atoms with van der Waals surface area (Å²) in [4.78, 5) is 25.7. The van der Waals surface area contributed by atoms with Gasteiger partial charge in [-0.1, -0.05) is 19.4 Å². The standard InChI is InChI=1S/C15H17BrFNO3/c1-2-7-15(14(20)21)8-4-9-18(15)13(19)10-5-3-6-11(16)12(10)17/h3,5-6H,2,4,7-9H2,1H3,(H,20,21). The fourth-order valence-corrected chi connectivity index (χ4v) is 3.36. The Morgan fingerprint density at radius 1 is 1.48 bits per heavy atom. The molecule has 0 spiro atoms. The van der Waals surface area contributed by atoms with Crippen LogP contribution in [0, 0.1) is 5.82 Å². The Hall–Kier alpha value is -1.43. The number of halogens is 2. The monoisotopic (exact) mass is 357 g/mol. The number of hydrogen-bond donors (Lipinski definition) is 1. The molecule has 21 heavy (non-hydrogen) atoms. The summed E-state index contributed by atoms with van der Waals surface area (Å²) in [5.74, 6) is -2.21. The summed E-state index contributed by atoms with van der Waals surface area (Å²) < 4.78 is 14.3. The summed E-state index contributed by atoms with van der Waals surface area (Å²) in [5, 5.41) is 9.59. The van der Waals surface area contributed by atoms with Crippen molar-refractivity contribution in [2.45, 2.75) is 38.1 Å². The molecule has 1 aliphatic heterocycles. The van der Waals surface area contributed by atoms with E-state index in [0.29, 0.717) is 32.2 Å². The van der Waals surface area contributed by atoms with Crippen LogP contribution in [0.4, 0.5) is 4.39 Å². The number of nitrogens with zero attached hydrogens (tertiary/aromatic N) is 1. The molecule has 0 bridgehead atoms. The van der Waals surface area contributed by atoms with Crippen molar-refractivity contribution < 1.29 is 19.1 Å². The summed E-state index contributed by atoms with van der Waals surface area (Å²) in [7, 11) is 0. The molecule has 6 heteroatoms. The maximum Gasteiger partial charge on any atom is 0.329 e. The molecule has 1 aliphatic rings. The summed E-state index contributed by atoms with van der Waals surface area (Å²) in [5.41, 5.74) is -1.30. The van der Waals surface area contributed by atoms with Crippen LogP contribution in [0.15, 0.2) is 22.7 Å². The van der Waals surface area contributed by atoms with Gasteiger partial charge < -0.3 is 10.0 Å². The van der Waals surface area contributed by atoms with Gasteiger partial charge in [0.25, 0.3) is 5.91 Å².